The van der Waals surface area contributed by atoms with Crippen molar-refractivity contribution in [2.24, 2.45) is 0 Å². The summed E-state index contributed by atoms with van der Waals surface area (Å²) in [6, 6.07) is 11.4. The minimum absolute atomic E-state index is 0.0805. The van der Waals surface area contributed by atoms with Gasteiger partial charge in [0, 0.05) is 18.2 Å². The molecule has 0 bridgehead atoms. The van der Waals surface area contributed by atoms with E-state index in [-0.39, 0.29) is 12.2 Å². The van der Waals surface area contributed by atoms with Gasteiger partial charge in [0.05, 0.1) is 25.5 Å². The molecule has 29 heavy (non-hydrogen) atoms. The van der Waals surface area contributed by atoms with E-state index in [0.29, 0.717) is 28.3 Å². The zero-order valence-corrected chi connectivity index (χ0v) is 15.6. The van der Waals surface area contributed by atoms with E-state index < -0.39 is 17.6 Å². The van der Waals surface area contributed by atoms with Gasteiger partial charge in [0.15, 0.2) is 0 Å². The van der Waals surface area contributed by atoms with Gasteiger partial charge in [-0.3, -0.25) is 9.89 Å². The fourth-order valence-electron chi connectivity index (χ4n) is 2.68. The fraction of sp³-hybridized carbons (Fsp3) is 0.200. The Morgan fingerprint density at radius 2 is 1.79 bits per heavy atom. The van der Waals surface area contributed by atoms with Crippen LogP contribution in [-0.2, 0) is 12.7 Å². The lowest BCUT2D eigenvalue weighted by Crippen LogP contribution is -2.23. The van der Waals surface area contributed by atoms with Crippen LogP contribution in [0.1, 0.15) is 21.6 Å². The number of carbonyl (C=O) groups is 1. The van der Waals surface area contributed by atoms with E-state index in [1.54, 1.807) is 31.4 Å². The first kappa shape index (κ1) is 20.2. The summed E-state index contributed by atoms with van der Waals surface area (Å²) in [6.45, 7) is 0.0805. The minimum atomic E-state index is -4.39. The molecule has 0 aliphatic carbocycles. The van der Waals surface area contributed by atoms with Crippen LogP contribution in [0.2, 0.25) is 0 Å². The summed E-state index contributed by atoms with van der Waals surface area (Å²) in [5, 5.41) is 9.43. The molecular formula is C20H18F3N3O3. The maximum Gasteiger partial charge on any atom is 0.416 e. The van der Waals surface area contributed by atoms with Crippen molar-refractivity contribution in [3.63, 3.8) is 0 Å². The van der Waals surface area contributed by atoms with Gasteiger partial charge in [-0.25, -0.2) is 0 Å². The Bertz CT molecular complexity index is 998. The number of alkyl halides is 3. The number of benzene rings is 2. The number of carbonyl (C=O) groups excluding carboxylic acids is 1. The molecule has 0 unspecified atom stereocenters. The highest BCUT2D eigenvalue weighted by Gasteiger charge is 2.29. The molecule has 0 atom stereocenters. The van der Waals surface area contributed by atoms with Gasteiger partial charge in [-0.05, 0) is 35.9 Å². The highest BCUT2D eigenvalue weighted by molar-refractivity contribution is 5.93. The van der Waals surface area contributed by atoms with Crippen molar-refractivity contribution in [3.8, 4) is 22.8 Å². The van der Waals surface area contributed by atoms with Crippen molar-refractivity contribution in [2.75, 3.05) is 14.2 Å². The molecule has 0 aliphatic heterocycles. The van der Waals surface area contributed by atoms with Gasteiger partial charge in [-0.2, -0.15) is 18.3 Å². The first-order valence-corrected chi connectivity index (χ1v) is 8.54. The maximum absolute atomic E-state index is 12.6. The van der Waals surface area contributed by atoms with E-state index in [2.05, 4.69) is 15.5 Å². The van der Waals surface area contributed by atoms with Gasteiger partial charge in [0.1, 0.15) is 17.2 Å². The number of ether oxygens (including phenoxy) is 2. The normalized spacial score (nSPS) is 11.2. The SMILES string of the molecule is COc1ccc(-c2cc(C(=O)NCc3ccc(C(F)(F)F)cc3)[nH]n2)c(OC)c1. The van der Waals surface area contributed by atoms with Crippen LogP contribution in [0.3, 0.4) is 0 Å². The molecule has 1 amide bonds. The predicted octanol–water partition coefficient (Wildman–Crippen LogP) is 4.04. The number of methoxy groups -OCH3 is 2. The predicted molar refractivity (Wildman–Crippen MR) is 99.7 cm³/mol. The molecule has 1 aromatic heterocycles. The second-order valence-electron chi connectivity index (χ2n) is 6.11. The van der Waals surface area contributed by atoms with Gasteiger partial charge in [0.2, 0.25) is 0 Å². The average Bonchev–Trinajstić information content (AvgIpc) is 3.21. The van der Waals surface area contributed by atoms with Crippen LogP contribution in [0.25, 0.3) is 11.3 Å². The third-order valence-electron chi connectivity index (χ3n) is 4.24. The highest BCUT2D eigenvalue weighted by Crippen LogP contribution is 2.32. The minimum Gasteiger partial charge on any atom is -0.497 e. The maximum atomic E-state index is 12.6. The lowest BCUT2D eigenvalue weighted by atomic mass is 10.1. The van der Waals surface area contributed by atoms with Gasteiger partial charge >= 0.3 is 6.18 Å². The summed E-state index contributed by atoms with van der Waals surface area (Å²) in [6.07, 6.45) is -4.39. The number of halogens is 3. The summed E-state index contributed by atoms with van der Waals surface area (Å²) in [7, 11) is 3.06. The number of nitrogens with one attached hydrogen (secondary N) is 2. The van der Waals surface area contributed by atoms with Crippen LogP contribution >= 0.6 is 0 Å². The van der Waals surface area contributed by atoms with Crippen molar-refractivity contribution >= 4 is 5.91 Å². The molecule has 3 rings (SSSR count). The Morgan fingerprint density at radius 1 is 1.07 bits per heavy atom. The molecule has 1 heterocycles. The number of rotatable bonds is 6. The molecule has 0 saturated carbocycles. The monoisotopic (exact) mass is 405 g/mol. The highest BCUT2D eigenvalue weighted by atomic mass is 19.4. The van der Waals surface area contributed by atoms with Crippen LogP contribution in [0, 0.1) is 0 Å². The van der Waals surface area contributed by atoms with Crippen molar-refractivity contribution in [3.05, 3.63) is 65.4 Å². The number of nitrogens with zero attached hydrogens (tertiary/aromatic N) is 1. The van der Waals surface area contributed by atoms with Crippen molar-refractivity contribution in [1.82, 2.24) is 15.5 Å². The van der Waals surface area contributed by atoms with E-state index in [1.807, 2.05) is 0 Å². The molecule has 6 nitrogen and oxygen atoms in total. The number of hydrogen-bond acceptors (Lipinski definition) is 4. The largest absolute Gasteiger partial charge is 0.497 e. The Kier molecular flexibility index (Phi) is 5.76. The summed E-state index contributed by atoms with van der Waals surface area (Å²) in [4.78, 5) is 12.3. The Labute approximate surface area is 164 Å². The summed E-state index contributed by atoms with van der Waals surface area (Å²) < 4.78 is 48.3. The van der Waals surface area contributed by atoms with Crippen LogP contribution in [0.5, 0.6) is 11.5 Å². The van der Waals surface area contributed by atoms with Gasteiger partial charge < -0.3 is 14.8 Å². The topological polar surface area (TPSA) is 76.2 Å². The smallest absolute Gasteiger partial charge is 0.416 e. The molecule has 0 aliphatic rings. The van der Waals surface area contributed by atoms with Crippen molar-refractivity contribution in [1.29, 1.82) is 0 Å². The second kappa shape index (κ2) is 8.26. The Morgan fingerprint density at radius 3 is 2.41 bits per heavy atom. The fourth-order valence-corrected chi connectivity index (χ4v) is 2.68. The first-order valence-electron chi connectivity index (χ1n) is 8.54. The van der Waals surface area contributed by atoms with E-state index in [0.717, 1.165) is 12.1 Å². The van der Waals surface area contributed by atoms with Crippen LogP contribution in [0.4, 0.5) is 13.2 Å². The Balaban J connectivity index is 1.68. The third kappa shape index (κ3) is 4.68. The van der Waals surface area contributed by atoms with Gasteiger partial charge in [-0.1, -0.05) is 12.1 Å². The molecule has 0 saturated heterocycles. The van der Waals surface area contributed by atoms with Crippen LogP contribution < -0.4 is 14.8 Å². The zero-order valence-electron chi connectivity index (χ0n) is 15.6. The Hall–Kier alpha value is -3.49. The lowest BCUT2D eigenvalue weighted by Gasteiger charge is -2.08. The number of H-pyrrole nitrogens is 1. The number of aromatic nitrogens is 2. The molecule has 0 fully saturated rings. The van der Waals surface area contributed by atoms with Crippen LogP contribution in [-0.4, -0.2) is 30.3 Å². The molecule has 0 spiro atoms. The molecule has 2 aromatic carbocycles. The van der Waals surface area contributed by atoms with Crippen molar-refractivity contribution in [2.45, 2.75) is 12.7 Å². The third-order valence-corrected chi connectivity index (χ3v) is 4.24. The van der Waals surface area contributed by atoms with E-state index >= 15 is 0 Å². The molecule has 2 N–H and O–H groups in total. The van der Waals surface area contributed by atoms with E-state index in [9.17, 15) is 18.0 Å². The average molecular weight is 405 g/mol. The van der Waals surface area contributed by atoms with Gasteiger partial charge in [0.25, 0.3) is 5.91 Å². The summed E-state index contributed by atoms with van der Waals surface area (Å²) in [5.74, 6) is 0.722. The lowest BCUT2D eigenvalue weighted by molar-refractivity contribution is -0.137. The number of amides is 1. The zero-order chi connectivity index (χ0) is 21.0. The summed E-state index contributed by atoms with van der Waals surface area (Å²) in [5.41, 5.74) is 1.20. The molecular weight excluding hydrogens is 387 g/mol. The quantitative estimate of drug-likeness (QED) is 0.649. The molecule has 9 heteroatoms. The van der Waals surface area contributed by atoms with Gasteiger partial charge in [-0.15, -0.1) is 0 Å². The summed E-state index contributed by atoms with van der Waals surface area (Å²) >= 11 is 0. The number of aromatic amines is 1. The number of hydrogen-bond donors (Lipinski definition) is 2. The first-order chi connectivity index (χ1) is 13.8. The van der Waals surface area contributed by atoms with E-state index in [4.69, 9.17) is 9.47 Å². The van der Waals surface area contributed by atoms with Crippen LogP contribution in [0.15, 0.2) is 48.5 Å². The second-order valence-corrected chi connectivity index (χ2v) is 6.11. The molecule has 3 aromatic rings. The molecule has 152 valence electrons. The van der Waals surface area contributed by atoms with E-state index in [1.165, 1.54) is 19.2 Å². The molecule has 0 radical (unpaired) electrons. The standard InChI is InChI=1S/C20H18F3N3O3/c1-28-14-7-8-15(18(9-14)29-2)16-10-17(26-25-16)19(27)24-11-12-3-5-13(6-4-12)20(21,22)23/h3-10H,11H2,1-2H3,(H,24,27)(H,25,26). The van der Waals surface area contributed by atoms with Crippen molar-refractivity contribution < 1.29 is 27.4 Å².